The number of carbonyl (C=O) groups is 1. The third-order valence-corrected chi connectivity index (χ3v) is 2.27. The monoisotopic (exact) mass is 273 g/mol. The summed E-state index contributed by atoms with van der Waals surface area (Å²) in [7, 11) is 0. The molecule has 0 aliphatic carbocycles. The fourth-order valence-electron chi connectivity index (χ4n) is 1.23. The average molecular weight is 273 g/mol. The first-order valence-corrected chi connectivity index (χ1v) is 5.33. The summed E-state index contributed by atoms with van der Waals surface area (Å²) >= 11 is 3.95. The second kappa shape index (κ2) is 6.21. The van der Waals surface area contributed by atoms with Gasteiger partial charge in [-0.1, -0.05) is 0 Å². The van der Waals surface area contributed by atoms with Gasteiger partial charge in [0, 0.05) is 4.90 Å². The van der Waals surface area contributed by atoms with E-state index in [-0.39, 0.29) is 22.6 Å². The van der Waals surface area contributed by atoms with E-state index in [1.165, 1.54) is 6.07 Å². The highest BCUT2D eigenvalue weighted by atomic mass is 32.1. The summed E-state index contributed by atoms with van der Waals surface area (Å²) in [6.07, 6.45) is 0. The minimum atomic E-state index is -3.10. The van der Waals surface area contributed by atoms with Gasteiger partial charge < -0.3 is 9.47 Å². The van der Waals surface area contributed by atoms with Crippen molar-refractivity contribution in [3.05, 3.63) is 23.3 Å². The smallest absolute Gasteiger partial charge is 0.387 e. The van der Waals surface area contributed by atoms with Crippen LogP contribution in [0.15, 0.2) is 17.0 Å². The zero-order chi connectivity index (χ0) is 13.7. The van der Waals surface area contributed by atoms with Gasteiger partial charge in [-0.3, -0.25) is 0 Å². The lowest BCUT2D eigenvalue weighted by atomic mass is 10.1. The van der Waals surface area contributed by atoms with Crippen LogP contribution in [0.3, 0.4) is 0 Å². The highest BCUT2D eigenvalue weighted by Gasteiger charge is 2.17. The van der Waals surface area contributed by atoms with E-state index in [2.05, 4.69) is 17.4 Å². The van der Waals surface area contributed by atoms with Crippen LogP contribution in [0, 0.1) is 11.3 Å². The number of ether oxygens (including phenoxy) is 2. The molecule has 0 heterocycles. The van der Waals surface area contributed by atoms with Crippen molar-refractivity contribution >= 4 is 18.6 Å². The molecule has 4 nitrogen and oxygen atoms in total. The number of hydrogen-bond acceptors (Lipinski definition) is 5. The van der Waals surface area contributed by atoms with Gasteiger partial charge in [-0.25, -0.2) is 4.79 Å². The quantitative estimate of drug-likeness (QED) is 0.676. The van der Waals surface area contributed by atoms with E-state index in [0.29, 0.717) is 0 Å². The molecule has 18 heavy (non-hydrogen) atoms. The average Bonchev–Trinajstić information content (AvgIpc) is 2.28. The Kier molecular flexibility index (Phi) is 4.92. The summed E-state index contributed by atoms with van der Waals surface area (Å²) in [6, 6.07) is 3.97. The SMILES string of the molecule is CCOC(=O)c1cc(S)c(C#N)c(OC(F)F)c1. The van der Waals surface area contributed by atoms with E-state index < -0.39 is 18.3 Å². The molecular weight excluding hydrogens is 264 g/mol. The van der Waals surface area contributed by atoms with Crippen molar-refractivity contribution < 1.29 is 23.0 Å². The molecule has 96 valence electrons. The molecule has 0 fully saturated rings. The normalized spacial score (nSPS) is 10.0. The van der Waals surface area contributed by atoms with Gasteiger partial charge in [-0.05, 0) is 19.1 Å². The van der Waals surface area contributed by atoms with E-state index in [1.807, 2.05) is 0 Å². The number of benzene rings is 1. The van der Waals surface area contributed by atoms with Crippen molar-refractivity contribution in [2.45, 2.75) is 18.4 Å². The summed E-state index contributed by atoms with van der Waals surface area (Å²) in [4.78, 5) is 11.5. The molecule has 0 atom stereocenters. The molecule has 0 aliphatic heterocycles. The molecule has 1 aromatic rings. The Balaban J connectivity index is 3.22. The lowest BCUT2D eigenvalue weighted by molar-refractivity contribution is -0.0502. The summed E-state index contributed by atoms with van der Waals surface area (Å²) < 4.78 is 33.2. The van der Waals surface area contributed by atoms with Crippen LogP contribution < -0.4 is 4.74 Å². The van der Waals surface area contributed by atoms with Gasteiger partial charge in [0.25, 0.3) is 0 Å². The molecule has 0 spiro atoms. The molecule has 0 aliphatic rings. The zero-order valence-corrected chi connectivity index (χ0v) is 10.2. The first-order chi connectivity index (χ1) is 8.49. The van der Waals surface area contributed by atoms with Gasteiger partial charge >= 0.3 is 12.6 Å². The summed E-state index contributed by atoms with van der Waals surface area (Å²) in [6.45, 7) is -1.34. The number of halogens is 2. The fraction of sp³-hybridized carbons (Fsp3) is 0.273. The molecule has 0 radical (unpaired) electrons. The number of alkyl halides is 2. The number of nitriles is 1. The topological polar surface area (TPSA) is 59.3 Å². The third-order valence-electron chi connectivity index (χ3n) is 1.92. The maximum atomic E-state index is 12.2. The molecule has 0 saturated carbocycles. The van der Waals surface area contributed by atoms with Crippen molar-refractivity contribution in [3.8, 4) is 11.8 Å². The van der Waals surface area contributed by atoms with Gasteiger partial charge in [-0.2, -0.15) is 14.0 Å². The number of carbonyl (C=O) groups excluding carboxylic acids is 1. The Morgan fingerprint density at radius 1 is 1.56 bits per heavy atom. The highest BCUT2D eigenvalue weighted by Crippen LogP contribution is 2.28. The van der Waals surface area contributed by atoms with E-state index in [9.17, 15) is 13.6 Å². The van der Waals surface area contributed by atoms with Crippen molar-refractivity contribution in [2.75, 3.05) is 6.61 Å². The Hall–Kier alpha value is -1.81. The van der Waals surface area contributed by atoms with Gasteiger partial charge in [0.05, 0.1) is 12.2 Å². The largest absolute Gasteiger partial charge is 0.462 e. The molecular formula is C11H9F2NO3S. The first kappa shape index (κ1) is 14.3. The minimum Gasteiger partial charge on any atom is -0.462 e. The number of thiol groups is 1. The van der Waals surface area contributed by atoms with Gasteiger partial charge in [0.2, 0.25) is 0 Å². The van der Waals surface area contributed by atoms with Crippen LogP contribution in [0.5, 0.6) is 5.75 Å². The van der Waals surface area contributed by atoms with Gasteiger partial charge in [0.1, 0.15) is 17.4 Å². The maximum absolute atomic E-state index is 12.2. The molecule has 0 amide bonds. The molecule has 0 aromatic heterocycles. The standard InChI is InChI=1S/C11H9F2NO3S/c1-2-16-10(15)6-3-8(17-11(12)13)7(5-14)9(18)4-6/h3-4,11,18H,2H2,1H3. The van der Waals surface area contributed by atoms with Crippen LogP contribution in [0.25, 0.3) is 0 Å². The molecule has 0 saturated heterocycles. The van der Waals surface area contributed by atoms with Crippen LogP contribution in [0.2, 0.25) is 0 Å². The Bertz CT molecular complexity index is 500. The predicted octanol–water partition coefficient (Wildman–Crippen LogP) is 2.63. The molecule has 1 aromatic carbocycles. The Morgan fingerprint density at radius 2 is 2.22 bits per heavy atom. The molecule has 0 unspecified atom stereocenters. The molecule has 0 bridgehead atoms. The number of hydrogen-bond donors (Lipinski definition) is 1. The number of esters is 1. The van der Waals surface area contributed by atoms with Crippen LogP contribution >= 0.6 is 12.6 Å². The van der Waals surface area contributed by atoms with E-state index in [4.69, 9.17) is 10.00 Å². The zero-order valence-electron chi connectivity index (χ0n) is 9.31. The van der Waals surface area contributed by atoms with Crippen LogP contribution in [-0.4, -0.2) is 19.2 Å². The van der Waals surface area contributed by atoms with Crippen molar-refractivity contribution in [1.29, 1.82) is 5.26 Å². The Morgan fingerprint density at radius 3 is 2.72 bits per heavy atom. The van der Waals surface area contributed by atoms with Gasteiger partial charge in [-0.15, -0.1) is 12.6 Å². The van der Waals surface area contributed by atoms with Crippen molar-refractivity contribution in [2.24, 2.45) is 0 Å². The van der Waals surface area contributed by atoms with Gasteiger partial charge in [0.15, 0.2) is 0 Å². The Labute approximate surface area is 108 Å². The molecule has 1 rings (SSSR count). The molecule has 7 heteroatoms. The first-order valence-electron chi connectivity index (χ1n) is 4.88. The summed E-state index contributed by atoms with van der Waals surface area (Å²) in [5.41, 5.74) is -0.164. The highest BCUT2D eigenvalue weighted by molar-refractivity contribution is 7.80. The van der Waals surface area contributed by atoms with Crippen molar-refractivity contribution in [3.63, 3.8) is 0 Å². The van der Waals surface area contributed by atoms with Crippen LogP contribution in [0.1, 0.15) is 22.8 Å². The fourth-order valence-corrected chi connectivity index (χ4v) is 1.53. The predicted molar refractivity (Wildman–Crippen MR) is 61.0 cm³/mol. The maximum Gasteiger partial charge on any atom is 0.387 e. The van der Waals surface area contributed by atoms with E-state index in [0.717, 1.165) is 6.07 Å². The lowest BCUT2D eigenvalue weighted by Gasteiger charge is -2.10. The van der Waals surface area contributed by atoms with Crippen LogP contribution in [0.4, 0.5) is 8.78 Å². The number of nitrogens with zero attached hydrogens (tertiary/aromatic N) is 1. The minimum absolute atomic E-state index is 0.00324. The lowest BCUT2D eigenvalue weighted by Crippen LogP contribution is -2.08. The van der Waals surface area contributed by atoms with Crippen molar-refractivity contribution in [1.82, 2.24) is 0 Å². The second-order valence-corrected chi connectivity index (χ2v) is 3.56. The third kappa shape index (κ3) is 3.34. The molecule has 0 N–H and O–H groups in total. The van der Waals surface area contributed by atoms with E-state index in [1.54, 1.807) is 13.0 Å². The summed E-state index contributed by atoms with van der Waals surface area (Å²) in [5, 5.41) is 8.81. The number of rotatable bonds is 4. The summed E-state index contributed by atoms with van der Waals surface area (Å²) in [5.74, 6) is -1.10. The van der Waals surface area contributed by atoms with E-state index >= 15 is 0 Å². The second-order valence-electron chi connectivity index (χ2n) is 3.08. The van der Waals surface area contributed by atoms with Crippen LogP contribution in [-0.2, 0) is 4.74 Å².